The first-order valence-electron chi connectivity index (χ1n) is 10.7. The molecule has 0 aliphatic carbocycles. The fourth-order valence-electron chi connectivity index (χ4n) is 4.36. The summed E-state index contributed by atoms with van der Waals surface area (Å²) in [6.07, 6.45) is 0. The summed E-state index contributed by atoms with van der Waals surface area (Å²) in [6.45, 7) is 2.40. The van der Waals surface area contributed by atoms with Gasteiger partial charge in [-0.1, -0.05) is 47.2 Å². The minimum Gasteiger partial charge on any atom is -0.494 e. The second kappa shape index (κ2) is 7.97. The van der Waals surface area contributed by atoms with Crippen molar-refractivity contribution in [2.75, 3.05) is 11.5 Å². The van der Waals surface area contributed by atoms with Crippen LogP contribution in [-0.4, -0.2) is 17.5 Å². The third-order valence-electron chi connectivity index (χ3n) is 5.81. The summed E-state index contributed by atoms with van der Waals surface area (Å²) in [6, 6.07) is 19.1. The molecule has 3 aromatic carbocycles. The number of amides is 1. The number of thiazole rings is 1. The monoisotopic (exact) mass is 488 g/mol. The summed E-state index contributed by atoms with van der Waals surface area (Å²) >= 11 is 7.51. The summed E-state index contributed by atoms with van der Waals surface area (Å²) in [5.74, 6) is 0.282. The second-order valence-electron chi connectivity index (χ2n) is 7.86. The molecule has 6 rings (SSSR count). The standard InChI is InChI=1S/C26H17ClN2O4S/c1-2-32-16-7-5-6-14(12-16)22-21-23(30)17-8-3-4-9-19(17)33-24(21)25(31)29(22)26-28-18-11-10-15(27)13-20(18)34-26/h3-13,22H,2H2,1H3/t22-/m0/s1. The maximum absolute atomic E-state index is 13.7. The van der Waals surface area contributed by atoms with Crippen molar-refractivity contribution in [2.45, 2.75) is 13.0 Å². The van der Waals surface area contributed by atoms with Crippen molar-refractivity contribution in [3.63, 3.8) is 0 Å². The van der Waals surface area contributed by atoms with E-state index >= 15 is 0 Å². The smallest absolute Gasteiger partial charge is 0.297 e. The van der Waals surface area contributed by atoms with Gasteiger partial charge in [-0.25, -0.2) is 4.98 Å². The van der Waals surface area contributed by atoms with E-state index in [1.807, 2.05) is 43.3 Å². The van der Waals surface area contributed by atoms with Gasteiger partial charge in [0.15, 0.2) is 10.6 Å². The van der Waals surface area contributed by atoms with Gasteiger partial charge in [-0.15, -0.1) is 0 Å². The minimum atomic E-state index is -0.709. The van der Waals surface area contributed by atoms with Gasteiger partial charge in [-0.2, -0.15) is 0 Å². The molecule has 5 aromatic rings. The van der Waals surface area contributed by atoms with Crippen LogP contribution in [0.4, 0.5) is 5.13 Å². The molecular weight excluding hydrogens is 472 g/mol. The molecular formula is C26H17ClN2O4S. The fourth-order valence-corrected chi connectivity index (χ4v) is 5.63. The van der Waals surface area contributed by atoms with E-state index in [1.54, 1.807) is 30.3 Å². The van der Waals surface area contributed by atoms with E-state index in [9.17, 15) is 9.59 Å². The topological polar surface area (TPSA) is 72.6 Å². The van der Waals surface area contributed by atoms with Crippen LogP contribution in [0.25, 0.3) is 21.2 Å². The number of para-hydroxylation sites is 1. The molecule has 1 aliphatic rings. The predicted octanol–water partition coefficient (Wildman–Crippen LogP) is 6.20. The van der Waals surface area contributed by atoms with Crippen molar-refractivity contribution in [2.24, 2.45) is 0 Å². The van der Waals surface area contributed by atoms with E-state index in [1.165, 1.54) is 16.2 Å². The molecule has 2 aromatic heterocycles. The molecule has 0 saturated heterocycles. The van der Waals surface area contributed by atoms with Gasteiger partial charge in [-0.3, -0.25) is 14.5 Å². The van der Waals surface area contributed by atoms with Gasteiger partial charge in [0, 0.05) is 5.02 Å². The fraction of sp³-hybridized carbons (Fsp3) is 0.115. The first kappa shape index (κ1) is 20.9. The number of hydrogen-bond donors (Lipinski definition) is 0. The molecule has 168 valence electrons. The largest absolute Gasteiger partial charge is 0.494 e. The Balaban J connectivity index is 1.62. The summed E-state index contributed by atoms with van der Waals surface area (Å²) < 4.78 is 12.5. The normalized spacial score (nSPS) is 15.3. The Labute approximate surface area is 203 Å². The molecule has 0 radical (unpaired) electrons. The Morgan fingerprint density at radius 2 is 1.94 bits per heavy atom. The lowest BCUT2D eigenvalue weighted by atomic mass is 9.98. The van der Waals surface area contributed by atoms with E-state index in [0.717, 1.165) is 15.8 Å². The first-order valence-corrected chi connectivity index (χ1v) is 11.9. The average molecular weight is 489 g/mol. The number of anilines is 1. The van der Waals surface area contributed by atoms with E-state index in [2.05, 4.69) is 0 Å². The van der Waals surface area contributed by atoms with E-state index in [0.29, 0.717) is 39.0 Å². The minimum absolute atomic E-state index is 0.0350. The van der Waals surface area contributed by atoms with Gasteiger partial charge in [0.1, 0.15) is 11.3 Å². The van der Waals surface area contributed by atoms with Crippen LogP contribution in [0, 0.1) is 0 Å². The Bertz CT molecular complexity index is 1660. The highest BCUT2D eigenvalue weighted by Gasteiger charge is 2.45. The molecule has 0 saturated carbocycles. The van der Waals surface area contributed by atoms with E-state index < -0.39 is 11.9 Å². The summed E-state index contributed by atoms with van der Waals surface area (Å²) in [5.41, 5.74) is 1.90. The molecule has 3 heterocycles. The number of nitrogens with zero attached hydrogens (tertiary/aromatic N) is 2. The van der Waals surface area contributed by atoms with Crippen LogP contribution in [0.5, 0.6) is 5.75 Å². The van der Waals surface area contributed by atoms with Crippen LogP contribution < -0.4 is 15.1 Å². The number of fused-ring (bicyclic) bond motifs is 3. The van der Waals surface area contributed by atoms with Gasteiger partial charge < -0.3 is 9.15 Å². The Morgan fingerprint density at radius 1 is 1.09 bits per heavy atom. The number of halogens is 1. The summed E-state index contributed by atoms with van der Waals surface area (Å²) in [4.78, 5) is 33.6. The van der Waals surface area contributed by atoms with Gasteiger partial charge in [0.05, 0.1) is 33.8 Å². The zero-order valence-corrected chi connectivity index (χ0v) is 19.5. The molecule has 0 spiro atoms. The molecule has 1 aliphatic heterocycles. The number of benzene rings is 3. The van der Waals surface area contributed by atoms with Crippen LogP contribution in [0.3, 0.4) is 0 Å². The lowest BCUT2D eigenvalue weighted by Gasteiger charge is -2.23. The predicted molar refractivity (Wildman–Crippen MR) is 133 cm³/mol. The van der Waals surface area contributed by atoms with Crippen LogP contribution in [0.1, 0.15) is 34.6 Å². The van der Waals surface area contributed by atoms with Crippen molar-refractivity contribution >= 4 is 55.2 Å². The van der Waals surface area contributed by atoms with Gasteiger partial charge in [-0.05, 0) is 55.0 Å². The first-order chi connectivity index (χ1) is 16.5. The summed E-state index contributed by atoms with van der Waals surface area (Å²) in [7, 11) is 0. The highest BCUT2D eigenvalue weighted by atomic mass is 35.5. The van der Waals surface area contributed by atoms with Crippen LogP contribution in [0.2, 0.25) is 5.02 Å². The maximum Gasteiger partial charge on any atom is 0.297 e. The maximum atomic E-state index is 13.7. The van der Waals surface area contributed by atoms with Crippen molar-refractivity contribution in [3.8, 4) is 5.75 Å². The number of rotatable bonds is 4. The quantitative estimate of drug-likeness (QED) is 0.301. The lowest BCUT2D eigenvalue weighted by Crippen LogP contribution is -2.29. The number of carbonyl (C=O) groups is 1. The van der Waals surface area contributed by atoms with Gasteiger partial charge in [0.2, 0.25) is 5.76 Å². The molecule has 0 N–H and O–H groups in total. The highest BCUT2D eigenvalue weighted by Crippen LogP contribution is 2.44. The third kappa shape index (κ3) is 3.20. The Morgan fingerprint density at radius 3 is 2.79 bits per heavy atom. The molecule has 8 heteroatoms. The molecule has 0 unspecified atom stereocenters. The zero-order chi connectivity index (χ0) is 23.4. The van der Waals surface area contributed by atoms with Gasteiger partial charge in [0.25, 0.3) is 5.91 Å². The zero-order valence-electron chi connectivity index (χ0n) is 17.9. The molecule has 0 bridgehead atoms. The molecule has 34 heavy (non-hydrogen) atoms. The number of hydrogen-bond acceptors (Lipinski definition) is 6. The van der Waals surface area contributed by atoms with E-state index in [4.69, 9.17) is 25.7 Å². The second-order valence-corrected chi connectivity index (χ2v) is 9.31. The third-order valence-corrected chi connectivity index (χ3v) is 7.06. The lowest BCUT2D eigenvalue weighted by molar-refractivity contribution is 0.0971. The van der Waals surface area contributed by atoms with Crippen molar-refractivity contribution in [1.29, 1.82) is 0 Å². The van der Waals surface area contributed by atoms with Crippen LogP contribution in [-0.2, 0) is 0 Å². The van der Waals surface area contributed by atoms with Crippen molar-refractivity contribution in [3.05, 3.63) is 98.9 Å². The van der Waals surface area contributed by atoms with Crippen LogP contribution >= 0.6 is 22.9 Å². The van der Waals surface area contributed by atoms with Crippen molar-refractivity contribution in [1.82, 2.24) is 4.98 Å². The van der Waals surface area contributed by atoms with Crippen molar-refractivity contribution < 1.29 is 13.9 Å². The number of aromatic nitrogens is 1. The Hall–Kier alpha value is -3.68. The summed E-state index contributed by atoms with van der Waals surface area (Å²) in [5, 5.41) is 1.48. The van der Waals surface area contributed by atoms with E-state index in [-0.39, 0.29) is 11.2 Å². The highest BCUT2D eigenvalue weighted by molar-refractivity contribution is 7.22. The molecule has 0 fully saturated rings. The number of carbonyl (C=O) groups excluding carboxylic acids is 1. The molecule has 1 atom stereocenters. The Kier molecular flexibility index (Phi) is 4.90. The SMILES string of the molecule is CCOc1cccc([C@H]2c3c(oc4ccccc4c3=O)C(=O)N2c2nc3ccc(Cl)cc3s2)c1. The van der Waals surface area contributed by atoms with Crippen LogP contribution in [0.15, 0.2) is 75.9 Å². The molecule has 6 nitrogen and oxygen atoms in total. The molecule has 1 amide bonds. The van der Waals surface area contributed by atoms with Gasteiger partial charge >= 0.3 is 0 Å². The average Bonchev–Trinajstić information content (AvgIpc) is 3.38. The number of ether oxygens (including phenoxy) is 1.